The monoisotopic (exact) mass is 176 g/mol. The second-order valence-corrected chi connectivity index (χ2v) is 3.35. The van der Waals surface area contributed by atoms with Crippen LogP contribution in [-0.4, -0.2) is 56.0 Å². The van der Waals surface area contributed by atoms with Crippen molar-refractivity contribution in [1.82, 2.24) is 0 Å². The lowest BCUT2D eigenvalue weighted by Crippen LogP contribution is -2.46. The maximum absolute atomic E-state index is 11.0. The SMILES string of the molecule is CCOC(=O)C[N+](C)(C)CCO. The predicted octanol–water partition coefficient (Wildman–Crippen LogP) is -0.382. The van der Waals surface area contributed by atoms with Crippen LogP contribution in [0.25, 0.3) is 0 Å². The second-order valence-electron chi connectivity index (χ2n) is 3.35. The van der Waals surface area contributed by atoms with Crippen LogP contribution in [0, 0.1) is 0 Å². The van der Waals surface area contributed by atoms with Crippen molar-refractivity contribution >= 4 is 5.97 Å². The topological polar surface area (TPSA) is 46.5 Å². The summed E-state index contributed by atoms with van der Waals surface area (Å²) in [5.74, 6) is -0.212. The van der Waals surface area contributed by atoms with Crippen LogP contribution in [0.3, 0.4) is 0 Å². The van der Waals surface area contributed by atoms with E-state index in [1.54, 1.807) is 6.92 Å². The molecule has 0 aromatic carbocycles. The number of hydrogen-bond acceptors (Lipinski definition) is 3. The van der Waals surface area contributed by atoms with E-state index >= 15 is 0 Å². The van der Waals surface area contributed by atoms with Crippen molar-refractivity contribution in [3.05, 3.63) is 0 Å². The fourth-order valence-electron chi connectivity index (χ4n) is 0.906. The summed E-state index contributed by atoms with van der Waals surface area (Å²) in [5, 5.41) is 8.68. The minimum Gasteiger partial charge on any atom is -0.462 e. The summed E-state index contributed by atoms with van der Waals surface area (Å²) in [6.07, 6.45) is 0. The molecule has 0 amide bonds. The number of rotatable bonds is 5. The van der Waals surface area contributed by atoms with E-state index in [-0.39, 0.29) is 12.6 Å². The number of nitrogens with zero attached hydrogens (tertiary/aromatic N) is 1. The zero-order valence-electron chi connectivity index (χ0n) is 8.04. The van der Waals surface area contributed by atoms with E-state index in [0.29, 0.717) is 24.2 Å². The van der Waals surface area contributed by atoms with Crippen molar-refractivity contribution < 1.29 is 19.1 Å². The van der Waals surface area contributed by atoms with Crippen molar-refractivity contribution in [3.8, 4) is 0 Å². The molecular weight excluding hydrogens is 158 g/mol. The Labute approximate surface area is 73.3 Å². The number of aliphatic hydroxyl groups is 1. The molecule has 1 N–H and O–H groups in total. The fraction of sp³-hybridized carbons (Fsp3) is 0.875. The Bertz CT molecular complexity index is 145. The van der Waals surface area contributed by atoms with Gasteiger partial charge in [0, 0.05) is 0 Å². The Kier molecular flexibility index (Phi) is 4.85. The van der Waals surface area contributed by atoms with Gasteiger partial charge in [-0.15, -0.1) is 0 Å². The number of esters is 1. The molecule has 0 aliphatic rings. The average Bonchev–Trinajstić information content (AvgIpc) is 1.85. The van der Waals surface area contributed by atoms with Gasteiger partial charge in [-0.3, -0.25) is 0 Å². The summed E-state index contributed by atoms with van der Waals surface area (Å²) >= 11 is 0. The molecule has 0 atom stereocenters. The van der Waals surface area contributed by atoms with Gasteiger partial charge < -0.3 is 14.3 Å². The van der Waals surface area contributed by atoms with Gasteiger partial charge in [0.1, 0.15) is 6.54 Å². The van der Waals surface area contributed by atoms with E-state index in [9.17, 15) is 4.79 Å². The molecular formula is C8H18NO3+. The summed E-state index contributed by atoms with van der Waals surface area (Å²) in [6.45, 7) is 3.17. The van der Waals surface area contributed by atoms with Gasteiger partial charge in [0.15, 0.2) is 6.54 Å². The summed E-state index contributed by atoms with van der Waals surface area (Å²) in [6, 6.07) is 0. The smallest absolute Gasteiger partial charge is 0.361 e. The molecule has 0 unspecified atom stereocenters. The molecule has 4 heteroatoms. The van der Waals surface area contributed by atoms with Gasteiger partial charge in [-0.1, -0.05) is 0 Å². The third-order valence-corrected chi connectivity index (χ3v) is 1.57. The molecule has 0 spiro atoms. The molecule has 72 valence electrons. The first kappa shape index (κ1) is 11.4. The average molecular weight is 176 g/mol. The van der Waals surface area contributed by atoms with E-state index in [2.05, 4.69) is 0 Å². The molecule has 0 radical (unpaired) electrons. The van der Waals surface area contributed by atoms with Gasteiger partial charge in [-0.25, -0.2) is 4.79 Å². The van der Waals surface area contributed by atoms with E-state index in [0.717, 1.165) is 0 Å². The minimum absolute atomic E-state index is 0.0897. The van der Waals surface area contributed by atoms with E-state index in [4.69, 9.17) is 9.84 Å². The van der Waals surface area contributed by atoms with Crippen molar-refractivity contribution in [2.45, 2.75) is 6.92 Å². The third kappa shape index (κ3) is 5.09. The Morgan fingerprint density at radius 2 is 2.08 bits per heavy atom. The van der Waals surface area contributed by atoms with Crippen molar-refractivity contribution in [2.75, 3.05) is 40.4 Å². The van der Waals surface area contributed by atoms with Gasteiger partial charge in [0.05, 0.1) is 27.3 Å². The molecule has 0 saturated heterocycles. The quantitative estimate of drug-likeness (QED) is 0.459. The highest BCUT2D eigenvalue weighted by atomic mass is 16.5. The van der Waals surface area contributed by atoms with Crippen molar-refractivity contribution in [2.24, 2.45) is 0 Å². The first-order valence-corrected chi connectivity index (χ1v) is 4.10. The number of ether oxygens (including phenoxy) is 1. The Morgan fingerprint density at radius 1 is 1.50 bits per heavy atom. The normalized spacial score (nSPS) is 11.3. The zero-order valence-corrected chi connectivity index (χ0v) is 8.04. The molecule has 0 bridgehead atoms. The molecule has 0 saturated carbocycles. The highest BCUT2D eigenvalue weighted by Crippen LogP contribution is 1.96. The highest BCUT2D eigenvalue weighted by Gasteiger charge is 2.19. The van der Waals surface area contributed by atoms with E-state index in [1.165, 1.54) is 0 Å². The lowest BCUT2D eigenvalue weighted by atomic mass is 10.4. The number of carbonyl (C=O) groups excluding carboxylic acids is 1. The second kappa shape index (κ2) is 5.11. The molecule has 0 heterocycles. The highest BCUT2D eigenvalue weighted by molar-refractivity contribution is 5.70. The Balaban J connectivity index is 3.79. The van der Waals surface area contributed by atoms with E-state index in [1.807, 2.05) is 14.1 Å². The molecule has 12 heavy (non-hydrogen) atoms. The number of quaternary nitrogens is 1. The molecule has 0 aliphatic heterocycles. The summed E-state index contributed by atoms with van der Waals surface area (Å²) in [4.78, 5) is 11.0. The van der Waals surface area contributed by atoms with Gasteiger partial charge in [-0.05, 0) is 6.92 Å². The van der Waals surface area contributed by atoms with Crippen LogP contribution in [-0.2, 0) is 9.53 Å². The number of aliphatic hydroxyl groups excluding tert-OH is 1. The Hall–Kier alpha value is -0.610. The maximum Gasteiger partial charge on any atom is 0.361 e. The maximum atomic E-state index is 11.0. The van der Waals surface area contributed by atoms with Gasteiger partial charge >= 0.3 is 5.97 Å². The third-order valence-electron chi connectivity index (χ3n) is 1.57. The van der Waals surface area contributed by atoms with Crippen LogP contribution < -0.4 is 0 Å². The standard InChI is InChI=1S/C8H18NO3/c1-4-12-8(11)7-9(2,3)5-6-10/h10H,4-7H2,1-3H3/q+1. The van der Waals surface area contributed by atoms with Gasteiger partial charge in [-0.2, -0.15) is 0 Å². The fourth-order valence-corrected chi connectivity index (χ4v) is 0.906. The predicted molar refractivity (Wildman–Crippen MR) is 45.6 cm³/mol. The van der Waals surface area contributed by atoms with Gasteiger partial charge in [0.25, 0.3) is 0 Å². The number of carbonyl (C=O) groups is 1. The zero-order chi connectivity index (χ0) is 9.61. The van der Waals surface area contributed by atoms with Crippen molar-refractivity contribution in [3.63, 3.8) is 0 Å². The number of likely N-dealkylation sites (N-methyl/N-ethyl adjacent to an activating group) is 1. The lowest BCUT2D eigenvalue weighted by Gasteiger charge is -2.27. The van der Waals surface area contributed by atoms with Crippen LogP contribution in [0.1, 0.15) is 6.92 Å². The summed E-state index contributed by atoms with van der Waals surface area (Å²) in [5.41, 5.74) is 0. The van der Waals surface area contributed by atoms with Crippen LogP contribution in [0.4, 0.5) is 0 Å². The van der Waals surface area contributed by atoms with Gasteiger partial charge in [0.2, 0.25) is 0 Å². The van der Waals surface area contributed by atoms with Crippen LogP contribution in [0.5, 0.6) is 0 Å². The molecule has 0 rings (SSSR count). The number of hydrogen-bond donors (Lipinski definition) is 1. The summed E-state index contributed by atoms with van der Waals surface area (Å²) < 4.78 is 5.26. The molecule has 0 aliphatic carbocycles. The van der Waals surface area contributed by atoms with Crippen LogP contribution in [0.2, 0.25) is 0 Å². The molecule has 0 fully saturated rings. The van der Waals surface area contributed by atoms with E-state index < -0.39 is 0 Å². The Morgan fingerprint density at radius 3 is 2.50 bits per heavy atom. The first-order valence-electron chi connectivity index (χ1n) is 4.10. The largest absolute Gasteiger partial charge is 0.462 e. The first-order chi connectivity index (χ1) is 5.52. The van der Waals surface area contributed by atoms with Crippen LogP contribution >= 0.6 is 0 Å². The molecule has 4 nitrogen and oxygen atoms in total. The molecule has 0 aromatic heterocycles. The van der Waals surface area contributed by atoms with Crippen LogP contribution in [0.15, 0.2) is 0 Å². The summed E-state index contributed by atoms with van der Waals surface area (Å²) in [7, 11) is 3.76. The molecule has 0 aromatic rings. The van der Waals surface area contributed by atoms with Crippen molar-refractivity contribution in [1.29, 1.82) is 0 Å². The lowest BCUT2D eigenvalue weighted by molar-refractivity contribution is -0.883. The minimum atomic E-state index is -0.212.